The number of thioether (sulfide) groups is 1. The second kappa shape index (κ2) is 7.78. The van der Waals surface area contributed by atoms with E-state index in [2.05, 4.69) is 11.1 Å². The SMILES string of the molecule is Cc1nc(SCC(=O)c2ccc(Cl)c(Cl)c2)c(C#N)c2c1CCCC2. The number of nitrogens with zero attached hydrogens (tertiary/aromatic N) is 2. The van der Waals surface area contributed by atoms with Gasteiger partial charge >= 0.3 is 0 Å². The van der Waals surface area contributed by atoms with Gasteiger partial charge in [-0.3, -0.25) is 4.79 Å². The van der Waals surface area contributed by atoms with Gasteiger partial charge in [-0.2, -0.15) is 5.26 Å². The van der Waals surface area contributed by atoms with Crippen molar-refractivity contribution in [2.24, 2.45) is 0 Å². The smallest absolute Gasteiger partial charge is 0.173 e. The molecule has 0 amide bonds. The van der Waals surface area contributed by atoms with Crippen LogP contribution in [0.25, 0.3) is 0 Å². The molecule has 0 bridgehead atoms. The number of benzene rings is 1. The first kappa shape index (κ1) is 18.3. The fourth-order valence-corrected chi connectivity index (χ4v) is 4.34. The second-order valence-corrected chi connectivity index (χ2v) is 7.77. The Morgan fingerprint density at radius 1 is 1.24 bits per heavy atom. The van der Waals surface area contributed by atoms with E-state index in [1.54, 1.807) is 18.2 Å². The molecule has 0 fully saturated rings. The highest BCUT2D eigenvalue weighted by atomic mass is 35.5. The summed E-state index contributed by atoms with van der Waals surface area (Å²) in [5.41, 5.74) is 4.44. The average molecular weight is 391 g/mol. The van der Waals surface area contributed by atoms with Gasteiger partial charge in [-0.25, -0.2) is 4.98 Å². The first-order valence-corrected chi connectivity index (χ1v) is 9.79. The molecule has 2 aromatic rings. The van der Waals surface area contributed by atoms with E-state index in [0.717, 1.165) is 36.9 Å². The van der Waals surface area contributed by atoms with Crippen molar-refractivity contribution in [3.05, 3.63) is 56.2 Å². The topological polar surface area (TPSA) is 53.8 Å². The Bertz CT molecular complexity index is 890. The van der Waals surface area contributed by atoms with Crippen molar-refractivity contribution >= 4 is 40.7 Å². The number of halogens is 2. The standard InChI is InChI=1S/C19H16Cl2N2OS/c1-11-13-4-2-3-5-14(13)15(9-22)19(23-11)25-10-18(24)12-6-7-16(20)17(21)8-12/h6-8H,2-5,10H2,1H3. The molecule has 0 radical (unpaired) electrons. The fraction of sp³-hybridized carbons (Fsp3) is 0.316. The number of nitriles is 1. The van der Waals surface area contributed by atoms with Crippen LogP contribution in [0.2, 0.25) is 10.0 Å². The predicted molar refractivity (Wildman–Crippen MR) is 102 cm³/mol. The van der Waals surface area contributed by atoms with Gasteiger partial charge < -0.3 is 0 Å². The van der Waals surface area contributed by atoms with Crippen LogP contribution >= 0.6 is 35.0 Å². The maximum absolute atomic E-state index is 12.4. The van der Waals surface area contributed by atoms with Crippen molar-refractivity contribution in [1.29, 1.82) is 5.26 Å². The van der Waals surface area contributed by atoms with Crippen LogP contribution in [0.1, 0.15) is 45.6 Å². The van der Waals surface area contributed by atoms with E-state index in [0.29, 0.717) is 26.2 Å². The van der Waals surface area contributed by atoms with E-state index in [4.69, 9.17) is 23.2 Å². The van der Waals surface area contributed by atoms with Crippen LogP contribution in [0.4, 0.5) is 0 Å². The molecule has 0 aliphatic heterocycles. The molecule has 0 saturated heterocycles. The van der Waals surface area contributed by atoms with E-state index in [9.17, 15) is 10.1 Å². The number of hydrogen-bond donors (Lipinski definition) is 0. The number of Topliss-reactive ketones (excluding diaryl/α,β-unsaturated/α-hetero) is 1. The first-order chi connectivity index (χ1) is 12.0. The van der Waals surface area contributed by atoms with Crippen molar-refractivity contribution in [1.82, 2.24) is 4.98 Å². The maximum atomic E-state index is 12.4. The number of ketones is 1. The minimum absolute atomic E-state index is 0.0652. The minimum atomic E-state index is -0.0652. The van der Waals surface area contributed by atoms with Crippen molar-refractivity contribution in [3.63, 3.8) is 0 Å². The van der Waals surface area contributed by atoms with Crippen LogP contribution in [-0.4, -0.2) is 16.5 Å². The van der Waals surface area contributed by atoms with Crippen molar-refractivity contribution in [3.8, 4) is 6.07 Å². The van der Waals surface area contributed by atoms with Gasteiger partial charge in [0.05, 0.1) is 21.4 Å². The molecule has 0 N–H and O–H groups in total. The van der Waals surface area contributed by atoms with Crippen LogP contribution < -0.4 is 0 Å². The normalized spacial score (nSPS) is 13.2. The van der Waals surface area contributed by atoms with Gasteiger partial charge in [0.15, 0.2) is 5.78 Å². The Morgan fingerprint density at radius 3 is 2.64 bits per heavy atom. The largest absolute Gasteiger partial charge is 0.293 e. The van der Waals surface area contributed by atoms with E-state index < -0.39 is 0 Å². The van der Waals surface area contributed by atoms with Gasteiger partial charge in [-0.1, -0.05) is 35.0 Å². The van der Waals surface area contributed by atoms with Gasteiger partial charge in [0.25, 0.3) is 0 Å². The van der Waals surface area contributed by atoms with E-state index >= 15 is 0 Å². The molecule has 1 aromatic heterocycles. The van der Waals surface area contributed by atoms with Crippen LogP contribution in [0.5, 0.6) is 0 Å². The molecule has 0 spiro atoms. The van der Waals surface area contributed by atoms with Gasteiger partial charge in [0.1, 0.15) is 11.1 Å². The van der Waals surface area contributed by atoms with Crippen LogP contribution in [0, 0.1) is 18.3 Å². The molecular weight excluding hydrogens is 375 g/mol. The summed E-state index contributed by atoms with van der Waals surface area (Å²) in [5, 5.41) is 11.0. The average Bonchev–Trinajstić information content (AvgIpc) is 2.62. The molecule has 6 heteroatoms. The second-order valence-electron chi connectivity index (χ2n) is 5.99. The molecule has 25 heavy (non-hydrogen) atoms. The minimum Gasteiger partial charge on any atom is -0.293 e. The monoisotopic (exact) mass is 390 g/mol. The summed E-state index contributed by atoms with van der Waals surface area (Å²) in [6.45, 7) is 1.98. The zero-order chi connectivity index (χ0) is 18.0. The Kier molecular flexibility index (Phi) is 5.68. The molecule has 0 unspecified atom stereocenters. The number of aromatic nitrogens is 1. The predicted octanol–water partition coefficient (Wildman–Crippen LogP) is 5.42. The quantitative estimate of drug-likeness (QED) is 0.516. The highest BCUT2D eigenvalue weighted by molar-refractivity contribution is 8.00. The molecule has 3 nitrogen and oxygen atoms in total. The number of fused-ring (bicyclic) bond motifs is 1. The third-order valence-electron chi connectivity index (χ3n) is 4.38. The van der Waals surface area contributed by atoms with Gasteiger partial charge in [-0.15, -0.1) is 0 Å². The zero-order valence-corrected chi connectivity index (χ0v) is 16.1. The van der Waals surface area contributed by atoms with E-state index in [-0.39, 0.29) is 11.5 Å². The van der Waals surface area contributed by atoms with E-state index in [1.807, 2.05) is 6.92 Å². The third-order valence-corrected chi connectivity index (χ3v) is 6.10. The fourth-order valence-electron chi connectivity index (χ4n) is 3.09. The summed E-state index contributed by atoms with van der Waals surface area (Å²) in [6.07, 6.45) is 4.13. The number of aryl methyl sites for hydroxylation is 1. The summed E-state index contributed by atoms with van der Waals surface area (Å²) in [5.74, 6) is 0.141. The molecule has 0 saturated carbocycles. The lowest BCUT2D eigenvalue weighted by Gasteiger charge is -2.20. The van der Waals surface area contributed by atoms with E-state index in [1.165, 1.54) is 17.3 Å². The molecule has 1 heterocycles. The molecule has 1 aromatic carbocycles. The summed E-state index contributed by atoms with van der Waals surface area (Å²) in [4.78, 5) is 17.0. The highest BCUT2D eigenvalue weighted by Crippen LogP contribution is 2.32. The summed E-state index contributed by atoms with van der Waals surface area (Å²) >= 11 is 13.2. The summed E-state index contributed by atoms with van der Waals surface area (Å²) in [6, 6.07) is 7.15. The Balaban J connectivity index is 1.83. The zero-order valence-electron chi connectivity index (χ0n) is 13.7. The number of rotatable bonds is 4. The van der Waals surface area contributed by atoms with Crippen LogP contribution in [-0.2, 0) is 12.8 Å². The van der Waals surface area contributed by atoms with Crippen molar-refractivity contribution in [2.45, 2.75) is 37.6 Å². The first-order valence-electron chi connectivity index (χ1n) is 8.04. The molecule has 1 aliphatic rings. The van der Waals surface area contributed by atoms with Crippen molar-refractivity contribution < 1.29 is 4.79 Å². The summed E-state index contributed by atoms with van der Waals surface area (Å²) < 4.78 is 0. The molecule has 128 valence electrons. The molecular formula is C19H16Cl2N2OS. The number of carbonyl (C=O) groups is 1. The number of pyridine rings is 1. The number of carbonyl (C=O) groups excluding carboxylic acids is 1. The van der Waals surface area contributed by atoms with Gasteiger partial charge in [0.2, 0.25) is 0 Å². The van der Waals surface area contributed by atoms with Crippen LogP contribution in [0.15, 0.2) is 23.2 Å². The van der Waals surface area contributed by atoms with Gasteiger partial charge in [-0.05, 0) is 61.9 Å². The van der Waals surface area contributed by atoms with Crippen molar-refractivity contribution in [2.75, 3.05) is 5.75 Å². The Hall–Kier alpha value is -1.54. The third kappa shape index (κ3) is 3.84. The number of hydrogen-bond acceptors (Lipinski definition) is 4. The molecule has 0 atom stereocenters. The maximum Gasteiger partial charge on any atom is 0.173 e. The Labute approximate surface area is 161 Å². The summed E-state index contributed by atoms with van der Waals surface area (Å²) in [7, 11) is 0. The molecule has 1 aliphatic carbocycles. The highest BCUT2D eigenvalue weighted by Gasteiger charge is 2.21. The lowest BCUT2D eigenvalue weighted by atomic mass is 9.88. The van der Waals surface area contributed by atoms with Crippen LogP contribution in [0.3, 0.4) is 0 Å². The lowest BCUT2D eigenvalue weighted by Crippen LogP contribution is -2.11. The van der Waals surface area contributed by atoms with Gasteiger partial charge in [0, 0.05) is 11.3 Å². The Morgan fingerprint density at radius 2 is 1.96 bits per heavy atom. The lowest BCUT2D eigenvalue weighted by molar-refractivity contribution is 0.102. The molecule has 3 rings (SSSR count).